The van der Waals surface area contributed by atoms with Gasteiger partial charge in [0.25, 0.3) is 0 Å². The van der Waals surface area contributed by atoms with Gasteiger partial charge in [-0.3, -0.25) is 0 Å². The van der Waals surface area contributed by atoms with Crippen LogP contribution in [0, 0.1) is 5.92 Å². The lowest BCUT2D eigenvalue weighted by Gasteiger charge is -2.35. The Hall–Kier alpha value is -0.900. The van der Waals surface area contributed by atoms with E-state index in [1.54, 1.807) is 0 Å². The summed E-state index contributed by atoms with van der Waals surface area (Å²) in [7, 11) is 0. The van der Waals surface area contributed by atoms with Crippen LogP contribution in [0.5, 0.6) is 0 Å². The van der Waals surface area contributed by atoms with Crippen molar-refractivity contribution < 1.29 is 14.3 Å². The molecule has 1 aromatic rings. The smallest absolute Gasteiger partial charge is 0.168 e. The van der Waals surface area contributed by atoms with E-state index in [2.05, 4.69) is 12.1 Å². The zero-order valence-corrected chi connectivity index (χ0v) is 13.8. The number of aldehydes is 1. The van der Waals surface area contributed by atoms with Crippen LogP contribution in [0.2, 0.25) is 5.02 Å². The van der Waals surface area contributed by atoms with E-state index < -0.39 is 0 Å². The fraction of sp³-hybridized carbons (Fsp3) is 0.611. The number of carbonyl (C=O) groups excluding carboxylic acids is 1. The normalized spacial score (nSPS) is 22.8. The molecule has 3 rings (SSSR count). The van der Waals surface area contributed by atoms with E-state index in [-0.39, 0.29) is 11.7 Å². The van der Waals surface area contributed by atoms with E-state index in [0.29, 0.717) is 5.92 Å². The second kappa shape index (κ2) is 6.69. The van der Waals surface area contributed by atoms with Gasteiger partial charge in [0.2, 0.25) is 0 Å². The quantitative estimate of drug-likeness (QED) is 0.782. The van der Waals surface area contributed by atoms with E-state index in [9.17, 15) is 4.79 Å². The van der Waals surface area contributed by atoms with E-state index in [1.807, 2.05) is 13.0 Å². The Morgan fingerprint density at radius 3 is 2.59 bits per heavy atom. The lowest BCUT2D eigenvalue weighted by Crippen LogP contribution is -2.34. The van der Waals surface area contributed by atoms with Gasteiger partial charge in [0.1, 0.15) is 6.29 Å². The second-order valence-corrected chi connectivity index (χ2v) is 6.96. The van der Waals surface area contributed by atoms with Gasteiger partial charge in [-0.05, 0) is 42.4 Å². The first-order valence-electron chi connectivity index (χ1n) is 8.13. The molecule has 0 unspecified atom stereocenters. The summed E-state index contributed by atoms with van der Waals surface area (Å²) >= 11 is 6.49. The highest BCUT2D eigenvalue weighted by molar-refractivity contribution is 6.31. The number of halogens is 1. The van der Waals surface area contributed by atoms with Crippen molar-refractivity contribution >= 4 is 17.9 Å². The molecule has 1 saturated carbocycles. The van der Waals surface area contributed by atoms with Crippen molar-refractivity contribution in [2.45, 2.75) is 50.7 Å². The molecule has 4 heteroatoms. The predicted octanol–water partition coefficient (Wildman–Crippen LogP) is 4.12. The van der Waals surface area contributed by atoms with E-state index >= 15 is 0 Å². The Morgan fingerprint density at radius 2 is 2.00 bits per heavy atom. The van der Waals surface area contributed by atoms with E-state index in [1.165, 1.54) is 5.56 Å². The first kappa shape index (κ1) is 16.0. The van der Waals surface area contributed by atoms with Crippen LogP contribution < -0.4 is 0 Å². The lowest BCUT2D eigenvalue weighted by molar-refractivity contribution is -0.178. The number of hydrogen-bond acceptors (Lipinski definition) is 3. The maximum atomic E-state index is 10.8. The molecule has 3 nitrogen and oxygen atoms in total. The van der Waals surface area contributed by atoms with Gasteiger partial charge in [-0.25, -0.2) is 0 Å². The summed E-state index contributed by atoms with van der Waals surface area (Å²) in [5.74, 6) is 0.194. The number of hydrogen-bond donors (Lipinski definition) is 0. The largest absolute Gasteiger partial charge is 0.348 e. The molecule has 0 bridgehead atoms. The Kier molecular flexibility index (Phi) is 4.86. The number of benzene rings is 1. The molecule has 1 saturated heterocycles. The molecule has 1 aliphatic heterocycles. The summed E-state index contributed by atoms with van der Waals surface area (Å²) in [6.07, 6.45) is 5.71. The number of carbonyl (C=O) groups is 1. The van der Waals surface area contributed by atoms with E-state index in [0.717, 1.165) is 62.2 Å². The topological polar surface area (TPSA) is 35.5 Å². The van der Waals surface area contributed by atoms with Crippen LogP contribution in [0.4, 0.5) is 0 Å². The Balaban J connectivity index is 1.66. The van der Waals surface area contributed by atoms with Crippen LogP contribution in [0.3, 0.4) is 0 Å². The molecule has 1 atom stereocenters. The highest BCUT2D eigenvalue weighted by Gasteiger charge is 2.40. The highest BCUT2D eigenvalue weighted by atomic mass is 35.5. The van der Waals surface area contributed by atoms with Crippen LogP contribution >= 0.6 is 11.6 Å². The SMILES string of the molecule is C[C@@H](C=O)Cc1ccc(C2CCC3(CC2)OCCO3)c(Cl)c1. The summed E-state index contributed by atoms with van der Waals surface area (Å²) in [5.41, 5.74) is 2.35. The standard InChI is InChI=1S/C18H23ClO3/c1-13(12-20)10-14-2-3-16(17(19)11-14)15-4-6-18(7-5-15)21-8-9-22-18/h2-3,11-13,15H,4-10H2,1H3/t13-/m1/s1. The molecule has 1 heterocycles. The van der Waals surface area contributed by atoms with Crippen molar-refractivity contribution in [2.24, 2.45) is 5.92 Å². The highest BCUT2D eigenvalue weighted by Crippen LogP contribution is 2.43. The van der Waals surface area contributed by atoms with Crippen LogP contribution in [0.1, 0.15) is 49.7 Å². The third-order valence-corrected chi connectivity index (χ3v) is 5.18. The van der Waals surface area contributed by atoms with Gasteiger partial charge in [0.15, 0.2) is 5.79 Å². The van der Waals surface area contributed by atoms with Crippen molar-refractivity contribution in [3.8, 4) is 0 Å². The Labute approximate surface area is 136 Å². The third kappa shape index (κ3) is 3.37. The molecule has 2 aliphatic rings. The van der Waals surface area contributed by atoms with Gasteiger partial charge in [-0.15, -0.1) is 0 Å². The summed E-state index contributed by atoms with van der Waals surface area (Å²) in [5, 5.41) is 0.824. The second-order valence-electron chi connectivity index (χ2n) is 6.56. The van der Waals surface area contributed by atoms with Gasteiger partial charge in [0.05, 0.1) is 13.2 Å². The van der Waals surface area contributed by atoms with Crippen LogP contribution in [-0.2, 0) is 20.7 Å². The van der Waals surface area contributed by atoms with Gasteiger partial charge in [0, 0.05) is 23.8 Å². The Morgan fingerprint density at radius 1 is 1.32 bits per heavy atom. The van der Waals surface area contributed by atoms with Gasteiger partial charge in [-0.2, -0.15) is 0 Å². The minimum absolute atomic E-state index is 0.0353. The van der Waals surface area contributed by atoms with Crippen LogP contribution in [-0.4, -0.2) is 25.3 Å². The molecule has 0 amide bonds. The lowest BCUT2D eigenvalue weighted by atomic mass is 9.80. The molecule has 22 heavy (non-hydrogen) atoms. The van der Waals surface area contributed by atoms with Gasteiger partial charge < -0.3 is 14.3 Å². The molecular formula is C18H23ClO3. The van der Waals surface area contributed by atoms with Gasteiger partial charge >= 0.3 is 0 Å². The van der Waals surface area contributed by atoms with Crippen molar-refractivity contribution in [3.63, 3.8) is 0 Å². The van der Waals surface area contributed by atoms with Crippen molar-refractivity contribution in [1.82, 2.24) is 0 Å². The monoisotopic (exact) mass is 322 g/mol. The van der Waals surface area contributed by atoms with E-state index in [4.69, 9.17) is 21.1 Å². The summed E-state index contributed by atoms with van der Waals surface area (Å²) in [6.45, 7) is 3.36. The molecule has 120 valence electrons. The fourth-order valence-electron chi connectivity index (χ4n) is 3.60. The summed E-state index contributed by atoms with van der Waals surface area (Å²) in [4.78, 5) is 10.8. The minimum atomic E-state index is -0.317. The first-order valence-corrected chi connectivity index (χ1v) is 8.51. The zero-order valence-electron chi connectivity index (χ0n) is 13.0. The molecule has 1 aliphatic carbocycles. The molecule has 1 aromatic carbocycles. The summed E-state index contributed by atoms with van der Waals surface area (Å²) < 4.78 is 11.6. The van der Waals surface area contributed by atoms with Crippen LogP contribution in [0.15, 0.2) is 18.2 Å². The number of rotatable bonds is 4. The maximum Gasteiger partial charge on any atom is 0.168 e. The van der Waals surface area contributed by atoms with Crippen molar-refractivity contribution in [2.75, 3.05) is 13.2 Å². The fourth-order valence-corrected chi connectivity index (χ4v) is 3.96. The number of ether oxygens (including phenoxy) is 2. The minimum Gasteiger partial charge on any atom is -0.348 e. The molecule has 0 radical (unpaired) electrons. The Bertz CT molecular complexity index is 527. The maximum absolute atomic E-state index is 10.8. The average Bonchev–Trinajstić information content (AvgIpc) is 2.97. The zero-order chi connectivity index (χ0) is 15.6. The van der Waals surface area contributed by atoms with Crippen LogP contribution in [0.25, 0.3) is 0 Å². The van der Waals surface area contributed by atoms with Crippen molar-refractivity contribution in [3.05, 3.63) is 34.3 Å². The van der Waals surface area contributed by atoms with Gasteiger partial charge in [-0.1, -0.05) is 30.7 Å². The summed E-state index contributed by atoms with van der Waals surface area (Å²) in [6, 6.07) is 6.26. The molecule has 2 fully saturated rings. The molecular weight excluding hydrogens is 300 g/mol. The first-order chi connectivity index (χ1) is 10.6. The molecule has 0 aromatic heterocycles. The molecule has 0 N–H and O–H groups in total. The van der Waals surface area contributed by atoms with Crippen molar-refractivity contribution in [1.29, 1.82) is 0 Å². The predicted molar refractivity (Wildman–Crippen MR) is 86.2 cm³/mol. The molecule has 1 spiro atoms. The average molecular weight is 323 g/mol. The third-order valence-electron chi connectivity index (χ3n) is 4.86.